The molecule has 1 heterocycles. The molecule has 5 nitrogen and oxygen atoms in total. The van der Waals surface area contributed by atoms with Crippen LogP contribution >= 0.6 is 11.3 Å². The van der Waals surface area contributed by atoms with Gasteiger partial charge in [0.2, 0.25) is 0 Å². The molecule has 0 saturated heterocycles. The first-order valence-corrected chi connectivity index (χ1v) is 5.38. The summed E-state index contributed by atoms with van der Waals surface area (Å²) in [6.45, 7) is 2.78. The van der Waals surface area contributed by atoms with Crippen LogP contribution in [0.2, 0.25) is 0 Å². The number of hydrogen-bond acceptors (Lipinski definition) is 4. The number of aliphatic carboxylic acids is 1. The van der Waals surface area contributed by atoms with Gasteiger partial charge in [0.05, 0.1) is 9.75 Å². The molecule has 0 fully saturated rings. The minimum absolute atomic E-state index is 0.115. The zero-order valence-electron chi connectivity index (χ0n) is 8.81. The molecule has 86 valence electrons. The van der Waals surface area contributed by atoms with Crippen molar-refractivity contribution in [3.63, 3.8) is 0 Å². The van der Waals surface area contributed by atoms with E-state index in [0.717, 1.165) is 11.3 Å². The molecule has 1 unspecified atom stereocenters. The van der Waals surface area contributed by atoms with E-state index < -0.39 is 17.9 Å². The van der Waals surface area contributed by atoms with Gasteiger partial charge in [-0.1, -0.05) is 0 Å². The van der Waals surface area contributed by atoms with E-state index in [-0.39, 0.29) is 5.78 Å². The topological polar surface area (TPSA) is 83.5 Å². The lowest BCUT2D eigenvalue weighted by Crippen LogP contribution is -2.37. The molecule has 0 spiro atoms. The highest BCUT2D eigenvalue weighted by molar-refractivity contribution is 7.15. The summed E-state index contributed by atoms with van der Waals surface area (Å²) in [5.74, 6) is -1.69. The fraction of sp³-hybridized carbons (Fsp3) is 0.300. The molecule has 0 aromatic carbocycles. The van der Waals surface area contributed by atoms with Crippen molar-refractivity contribution < 1.29 is 19.5 Å². The minimum Gasteiger partial charge on any atom is -0.480 e. The van der Waals surface area contributed by atoms with E-state index >= 15 is 0 Å². The molecule has 0 aliphatic heterocycles. The second-order valence-electron chi connectivity index (χ2n) is 3.25. The first-order chi connectivity index (χ1) is 7.41. The Morgan fingerprint density at radius 1 is 1.31 bits per heavy atom. The van der Waals surface area contributed by atoms with Crippen molar-refractivity contribution >= 4 is 29.0 Å². The van der Waals surface area contributed by atoms with Crippen molar-refractivity contribution in [3.8, 4) is 0 Å². The zero-order valence-corrected chi connectivity index (χ0v) is 9.63. The van der Waals surface area contributed by atoms with Crippen molar-refractivity contribution in [1.82, 2.24) is 5.32 Å². The van der Waals surface area contributed by atoms with E-state index in [4.69, 9.17) is 5.11 Å². The molecule has 1 aromatic heterocycles. The summed E-state index contributed by atoms with van der Waals surface area (Å²) in [4.78, 5) is 33.8. The first kappa shape index (κ1) is 12.4. The number of thiophene rings is 1. The van der Waals surface area contributed by atoms with E-state index in [1.807, 2.05) is 0 Å². The molecule has 0 saturated carbocycles. The minimum atomic E-state index is -1.10. The first-order valence-electron chi connectivity index (χ1n) is 4.56. The summed E-state index contributed by atoms with van der Waals surface area (Å²) in [6.07, 6.45) is 0. The maximum Gasteiger partial charge on any atom is 0.325 e. The molecular weight excluding hydrogens is 230 g/mol. The molecule has 0 bridgehead atoms. The fourth-order valence-electron chi connectivity index (χ4n) is 0.979. The highest BCUT2D eigenvalue weighted by Crippen LogP contribution is 2.16. The second-order valence-corrected chi connectivity index (χ2v) is 4.34. The van der Waals surface area contributed by atoms with Gasteiger partial charge in [0, 0.05) is 0 Å². The lowest BCUT2D eigenvalue weighted by atomic mass is 10.3. The number of ketones is 1. The van der Waals surface area contributed by atoms with Crippen LogP contribution in [0, 0.1) is 0 Å². The van der Waals surface area contributed by atoms with Gasteiger partial charge in [-0.15, -0.1) is 11.3 Å². The van der Waals surface area contributed by atoms with E-state index in [2.05, 4.69) is 5.32 Å². The number of amides is 1. The maximum absolute atomic E-state index is 11.5. The Hall–Kier alpha value is -1.69. The van der Waals surface area contributed by atoms with Crippen LogP contribution in [0.4, 0.5) is 0 Å². The number of carbonyl (C=O) groups is 3. The highest BCUT2D eigenvalue weighted by Gasteiger charge is 2.17. The van der Waals surface area contributed by atoms with Crippen LogP contribution in [0.1, 0.15) is 33.2 Å². The Bertz CT molecular complexity index is 438. The lowest BCUT2D eigenvalue weighted by Gasteiger charge is -2.07. The molecule has 0 aliphatic rings. The number of hydrogen-bond donors (Lipinski definition) is 2. The summed E-state index contributed by atoms with van der Waals surface area (Å²) in [5.41, 5.74) is 0. The van der Waals surface area contributed by atoms with Gasteiger partial charge in [0.1, 0.15) is 6.04 Å². The largest absolute Gasteiger partial charge is 0.480 e. The summed E-state index contributed by atoms with van der Waals surface area (Å²) < 4.78 is 0. The van der Waals surface area contributed by atoms with Gasteiger partial charge in [-0.05, 0) is 26.0 Å². The number of rotatable bonds is 4. The Morgan fingerprint density at radius 2 is 1.88 bits per heavy atom. The monoisotopic (exact) mass is 241 g/mol. The average molecular weight is 241 g/mol. The number of carboxylic acids is 1. The fourth-order valence-corrected chi connectivity index (χ4v) is 1.78. The molecule has 1 aromatic rings. The van der Waals surface area contributed by atoms with Gasteiger partial charge in [0.25, 0.3) is 5.91 Å². The van der Waals surface area contributed by atoms with Crippen LogP contribution in [0.15, 0.2) is 12.1 Å². The van der Waals surface area contributed by atoms with Crippen molar-refractivity contribution in [2.45, 2.75) is 19.9 Å². The SMILES string of the molecule is CC(=O)c1ccc(C(=O)NC(C)C(=O)O)s1. The third-order valence-electron chi connectivity index (χ3n) is 1.89. The van der Waals surface area contributed by atoms with Gasteiger partial charge in [-0.3, -0.25) is 14.4 Å². The average Bonchev–Trinajstić information content (AvgIpc) is 2.65. The lowest BCUT2D eigenvalue weighted by molar-refractivity contribution is -0.138. The van der Waals surface area contributed by atoms with Crippen LogP contribution in [0.3, 0.4) is 0 Å². The molecule has 0 radical (unpaired) electrons. The van der Waals surface area contributed by atoms with Crippen molar-refractivity contribution in [1.29, 1.82) is 0 Å². The van der Waals surface area contributed by atoms with Gasteiger partial charge < -0.3 is 10.4 Å². The quantitative estimate of drug-likeness (QED) is 0.775. The van der Waals surface area contributed by atoms with Crippen molar-refractivity contribution in [3.05, 3.63) is 21.9 Å². The summed E-state index contributed by atoms with van der Waals surface area (Å²) >= 11 is 1.05. The molecular formula is C10H11NO4S. The number of carbonyl (C=O) groups excluding carboxylic acids is 2. The Kier molecular flexibility index (Phi) is 3.78. The normalized spacial score (nSPS) is 11.9. The summed E-state index contributed by atoms with van der Waals surface area (Å²) in [7, 11) is 0. The second kappa shape index (κ2) is 4.89. The molecule has 1 atom stereocenters. The van der Waals surface area contributed by atoms with Gasteiger partial charge in [-0.2, -0.15) is 0 Å². The molecule has 2 N–H and O–H groups in total. The molecule has 1 rings (SSSR count). The van der Waals surface area contributed by atoms with Crippen LogP contribution in [0.25, 0.3) is 0 Å². The summed E-state index contributed by atoms with van der Waals surface area (Å²) in [6, 6.07) is 2.11. The third kappa shape index (κ3) is 2.90. The smallest absolute Gasteiger partial charge is 0.325 e. The van der Waals surface area contributed by atoms with E-state index in [1.54, 1.807) is 6.07 Å². The van der Waals surface area contributed by atoms with Gasteiger partial charge in [0.15, 0.2) is 5.78 Å². The summed E-state index contributed by atoms with van der Waals surface area (Å²) in [5, 5.41) is 10.9. The molecule has 1 amide bonds. The Balaban J connectivity index is 2.73. The molecule has 6 heteroatoms. The number of nitrogens with one attached hydrogen (secondary N) is 1. The van der Waals surface area contributed by atoms with E-state index in [1.165, 1.54) is 19.9 Å². The molecule has 0 aliphatic carbocycles. The zero-order chi connectivity index (χ0) is 12.3. The van der Waals surface area contributed by atoms with E-state index in [9.17, 15) is 14.4 Å². The van der Waals surface area contributed by atoms with Gasteiger partial charge >= 0.3 is 5.97 Å². The number of Topliss-reactive ketones (excluding diaryl/α,β-unsaturated/α-hetero) is 1. The Labute approximate surface area is 96.1 Å². The van der Waals surface area contributed by atoms with Crippen molar-refractivity contribution in [2.24, 2.45) is 0 Å². The van der Waals surface area contributed by atoms with E-state index in [0.29, 0.717) is 9.75 Å². The Morgan fingerprint density at radius 3 is 2.31 bits per heavy atom. The van der Waals surface area contributed by atoms with Crippen LogP contribution in [-0.2, 0) is 4.79 Å². The molecule has 16 heavy (non-hydrogen) atoms. The standard InChI is InChI=1S/C10H11NO4S/c1-5(10(14)15)11-9(13)8-4-3-7(16-8)6(2)12/h3-5H,1-2H3,(H,11,13)(H,14,15). The number of carboxylic acid groups (broad SMARTS) is 1. The predicted octanol–water partition coefficient (Wildman–Crippen LogP) is 1.15. The predicted molar refractivity (Wildman–Crippen MR) is 58.9 cm³/mol. The maximum atomic E-state index is 11.5. The van der Waals surface area contributed by atoms with Gasteiger partial charge in [-0.25, -0.2) is 0 Å². The third-order valence-corrected chi connectivity index (χ3v) is 3.08. The van der Waals surface area contributed by atoms with Crippen LogP contribution in [0.5, 0.6) is 0 Å². The van der Waals surface area contributed by atoms with Crippen molar-refractivity contribution in [2.75, 3.05) is 0 Å². The van der Waals surface area contributed by atoms with Crippen LogP contribution < -0.4 is 5.32 Å². The van der Waals surface area contributed by atoms with Crippen LogP contribution in [-0.4, -0.2) is 28.8 Å². The highest BCUT2D eigenvalue weighted by atomic mass is 32.1.